The number of aryl methyl sites for hydroxylation is 2. The van der Waals surface area contributed by atoms with Gasteiger partial charge in [-0.2, -0.15) is 0 Å². The highest BCUT2D eigenvalue weighted by molar-refractivity contribution is 7.48. The number of hydrogen-bond donors (Lipinski definition) is 0. The number of hydrogen-bond acceptors (Lipinski definition) is 4. The molecule has 0 aliphatic carbocycles. The summed E-state index contributed by atoms with van der Waals surface area (Å²) in [5.41, 5.74) is 2.68. The summed E-state index contributed by atoms with van der Waals surface area (Å²) in [6.07, 6.45) is 6.59. The van der Waals surface area contributed by atoms with Gasteiger partial charge in [0.05, 0.1) is 6.61 Å². The van der Waals surface area contributed by atoms with Gasteiger partial charge in [0, 0.05) is 14.2 Å². The molecule has 0 N–H and O–H groups in total. The van der Waals surface area contributed by atoms with E-state index in [1.165, 1.54) is 44.6 Å². The average molecular weight is 314 g/mol. The molecule has 0 aromatic heterocycles. The Hall–Kier alpha value is -0.670. The fourth-order valence-corrected chi connectivity index (χ4v) is 2.86. The van der Waals surface area contributed by atoms with E-state index < -0.39 is 7.82 Å². The van der Waals surface area contributed by atoms with Gasteiger partial charge in [-0.15, -0.1) is 0 Å². The molecule has 0 fully saturated rings. The molecule has 0 aliphatic rings. The van der Waals surface area contributed by atoms with E-state index in [-0.39, 0.29) is 0 Å². The highest BCUT2D eigenvalue weighted by Crippen LogP contribution is 2.47. The first-order valence-corrected chi connectivity index (χ1v) is 9.03. The molecule has 120 valence electrons. The number of rotatable bonds is 11. The van der Waals surface area contributed by atoms with E-state index in [2.05, 4.69) is 31.2 Å². The van der Waals surface area contributed by atoms with E-state index >= 15 is 0 Å². The summed E-state index contributed by atoms with van der Waals surface area (Å²) in [5, 5.41) is 0. The van der Waals surface area contributed by atoms with Crippen molar-refractivity contribution in [3.8, 4) is 0 Å². The Kier molecular flexibility index (Phi) is 8.86. The third kappa shape index (κ3) is 7.23. The second-order valence-corrected chi connectivity index (χ2v) is 6.91. The zero-order valence-corrected chi connectivity index (χ0v) is 14.2. The van der Waals surface area contributed by atoms with Crippen LogP contribution in [0.1, 0.15) is 43.7 Å². The van der Waals surface area contributed by atoms with E-state index in [9.17, 15) is 4.57 Å². The summed E-state index contributed by atoms with van der Waals surface area (Å²) in [6.45, 7) is 2.58. The minimum absolute atomic E-state index is 0.360. The number of unbranched alkanes of at least 4 members (excludes halogenated alkanes) is 2. The third-order valence-electron chi connectivity index (χ3n) is 3.37. The molecule has 21 heavy (non-hydrogen) atoms. The molecule has 0 atom stereocenters. The Morgan fingerprint density at radius 1 is 1.00 bits per heavy atom. The largest absolute Gasteiger partial charge is 0.474 e. The van der Waals surface area contributed by atoms with Gasteiger partial charge in [-0.1, -0.05) is 44.0 Å². The van der Waals surface area contributed by atoms with Crippen LogP contribution in [0.15, 0.2) is 24.3 Å². The van der Waals surface area contributed by atoms with Gasteiger partial charge in [-0.25, -0.2) is 4.57 Å². The maximum absolute atomic E-state index is 11.7. The predicted octanol–water partition coefficient (Wildman–Crippen LogP) is 4.77. The van der Waals surface area contributed by atoms with Crippen molar-refractivity contribution in [1.29, 1.82) is 0 Å². The fourth-order valence-electron chi connectivity index (χ4n) is 2.15. The van der Waals surface area contributed by atoms with Crippen LogP contribution in [-0.4, -0.2) is 20.8 Å². The van der Waals surface area contributed by atoms with Gasteiger partial charge < -0.3 is 0 Å². The molecule has 0 bridgehead atoms. The molecule has 1 aromatic carbocycles. The lowest BCUT2D eigenvalue weighted by Crippen LogP contribution is -1.99. The van der Waals surface area contributed by atoms with Crippen molar-refractivity contribution in [1.82, 2.24) is 0 Å². The Balaban J connectivity index is 2.35. The number of phosphoric ester groups is 1. The van der Waals surface area contributed by atoms with E-state index in [0.717, 1.165) is 19.3 Å². The predicted molar refractivity (Wildman–Crippen MR) is 85.6 cm³/mol. The van der Waals surface area contributed by atoms with Crippen molar-refractivity contribution in [2.45, 2.75) is 45.4 Å². The standard InChI is InChI=1S/C16H27O4P/c1-4-5-6-9-15-10-7-11-16(14-15)12-8-13-20-21(17,18-2)19-3/h7,10-11,14H,4-6,8-9,12-13H2,1-3H3. The molecule has 4 nitrogen and oxygen atoms in total. The lowest BCUT2D eigenvalue weighted by Gasteiger charge is -2.13. The zero-order valence-electron chi connectivity index (χ0n) is 13.3. The first-order valence-electron chi connectivity index (χ1n) is 7.57. The topological polar surface area (TPSA) is 44.8 Å². The summed E-state index contributed by atoms with van der Waals surface area (Å²) in [5.74, 6) is 0. The molecule has 0 aliphatic heterocycles. The van der Waals surface area contributed by atoms with E-state index in [4.69, 9.17) is 13.6 Å². The van der Waals surface area contributed by atoms with Crippen LogP contribution in [0.5, 0.6) is 0 Å². The van der Waals surface area contributed by atoms with Crippen LogP contribution >= 0.6 is 7.82 Å². The zero-order chi connectivity index (χ0) is 15.6. The number of phosphoric acid groups is 1. The maximum Gasteiger partial charge on any atom is 0.474 e. The summed E-state index contributed by atoms with van der Waals surface area (Å²) in [6, 6.07) is 8.66. The van der Waals surface area contributed by atoms with Crippen LogP contribution in [0.2, 0.25) is 0 Å². The van der Waals surface area contributed by atoms with Gasteiger partial charge in [-0.3, -0.25) is 13.6 Å². The van der Waals surface area contributed by atoms with Gasteiger partial charge in [-0.05, 0) is 36.8 Å². The van der Waals surface area contributed by atoms with E-state index in [1.807, 2.05) is 0 Å². The molecule has 0 unspecified atom stereocenters. The highest BCUT2D eigenvalue weighted by Gasteiger charge is 2.21. The molecule has 0 radical (unpaired) electrons. The molecule has 1 aromatic rings. The van der Waals surface area contributed by atoms with Crippen LogP contribution < -0.4 is 0 Å². The smallest absolute Gasteiger partial charge is 0.290 e. The van der Waals surface area contributed by atoms with Gasteiger partial charge in [0.25, 0.3) is 0 Å². The maximum atomic E-state index is 11.7. The van der Waals surface area contributed by atoms with Crippen LogP contribution in [0.4, 0.5) is 0 Å². The lowest BCUT2D eigenvalue weighted by atomic mass is 10.0. The first-order chi connectivity index (χ1) is 10.1. The van der Waals surface area contributed by atoms with Crippen molar-refractivity contribution in [3.63, 3.8) is 0 Å². The molecule has 0 amide bonds. The Bertz CT molecular complexity index is 440. The number of benzene rings is 1. The van der Waals surface area contributed by atoms with E-state index in [1.54, 1.807) is 0 Å². The molecular formula is C16H27O4P. The minimum Gasteiger partial charge on any atom is -0.290 e. The van der Waals surface area contributed by atoms with Gasteiger partial charge >= 0.3 is 7.82 Å². The molecule has 0 saturated heterocycles. The Morgan fingerprint density at radius 3 is 2.19 bits per heavy atom. The van der Waals surface area contributed by atoms with Crippen LogP contribution in [0, 0.1) is 0 Å². The van der Waals surface area contributed by atoms with Crippen molar-refractivity contribution < 1.29 is 18.1 Å². The summed E-state index contributed by atoms with van der Waals surface area (Å²) in [7, 11) is -0.683. The highest BCUT2D eigenvalue weighted by atomic mass is 31.2. The fraction of sp³-hybridized carbons (Fsp3) is 0.625. The monoisotopic (exact) mass is 314 g/mol. The second-order valence-electron chi connectivity index (χ2n) is 5.03. The van der Waals surface area contributed by atoms with Crippen molar-refractivity contribution in [2.75, 3.05) is 20.8 Å². The van der Waals surface area contributed by atoms with Crippen LogP contribution in [0.3, 0.4) is 0 Å². The van der Waals surface area contributed by atoms with Crippen molar-refractivity contribution in [3.05, 3.63) is 35.4 Å². The normalized spacial score (nSPS) is 11.8. The Labute approximate surface area is 128 Å². The van der Waals surface area contributed by atoms with Gasteiger partial charge in [0.2, 0.25) is 0 Å². The summed E-state index contributed by atoms with van der Waals surface area (Å²) < 4.78 is 26.3. The minimum atomic E-state index is -3.33. The van der Waals surface area contributed by atoms with Gasteiger partial charge in [0.15, 0.2) is 0 Å². The van der Waals surface area contributed by atoms with Crippen molar-refractivity contribution in [2.24, 2.45) is 0 Å². The molecule has 5 heteroatoms. The molecular weight excluding hydrogens is 287 g/mol. The van der Waals surface area contributed by atoms with Crippen molar-refractivity contribution >= 4 is 7.82 Å². The third-order valence-corrected chi connectivity index (χ3v) is 4.76. The molecule has 0 saturated carbocycles. The molecule has 0 heterocycles. The lowest BCUT2D eigenvalue weighted by molar-refractivity contribution is 0.151. The average Bonchev–Trinajstić information content (AvgIpc) is 2.52. The second kappa shape index (κ2) is 10.1. The summed E-state index contributed by atoms with van der Waals surface area (Å²) in [4.78, 5) is 0. The molecule has 0 spiro atoms. The Morgan fingerprint density at radius 2 is 1.62 bits per heavy atom. The first kappa shape index (κ1) is 18.4. The summed E-state index contributed by atoms with van der Waals surface area (Å²) >= 11 is 0. The van der Waals surface area contributed by atoms with Crippen LogP contribution in [-0.2, 0) is 31.0 Å². The molecule has 1 rings (SSSR count). The van der Waals surface area contributed by atoms with Gasteiger partial charge in [0.1, 0.15) is 0 Å². The SMILES string of the molecule is CCCCCc1cccc(CCCOP(=O)(OC)OC)c1. The quantitative estimate of drug-likeness (QED) is 0.436. The van der Waals surface area contributed by atoms with E-state index in [0.29, 0.717) is 6.61 Å². The van der Waals surface area contributed by atoms with Crippen LogP contribution in [0.25, 0.3) is 0 Å².